The zero-order valence-corrected chi connectivity index (χ0v) is 14.0. The van der Waals surface area contributed by atoms with Crippen LogP contribution in [0.2, 0.25) is 0 Å². The zero-order chi connectivity index (χ0) is 16.4. The van der Waals surface area contributed by atoms with E-state index in [9.17, 15) is 0 Å². The summed E-state index contributed by atoms with van der Waals surface area (Å²) in [6.07, 6.45) is 2.15. The molecular weight excluding hydrogens is 296 g/mol. The van der Waals surface area contributed by atoms with Crippen molar-refractivity contribution in [2.45, 2.75) is 30.3 Å². The standard InChI is InChI=1S/C21H26N2O/c22-21(18-11-13-24-14-12-18)15-23-20(21)19(16-7-3-1-4-8-16)17-9-5-2-6-10-17/h1-10,18-20,23H,11-15,22H2. The maximum absolute atomic E-state index is 6.98. The van der Waals surface area contributed by atoms with Crippen LogP contribution in [-0.2, 0) is 4.74 Å². The van der Waals surface area contributed by atoms with E-state index >= 15 is 0 Å². The third-order valence-corrected chi connectivity index (χ3v) is 5.84. The molecule has 2 saturated heterocycles. The predicted molar refractivity (Wildman–Crippen MR) is 97.0 cm³/mol. The van der Waals surface area contributed by atoms with Crippen LogP contribution >= 0.6 is 0 Å². The number of nitrogens with one attached hydrogen (secondary N) is 1. The zero-order valence-electron chi connectivity index (χ0n) is 14.0. The molecule has 126 valence electrons. The molecule has 24 heavy (non-hydrogen) atoms. The van der Waals surface area contributed by atoms with Crippen molar-refractivity contribution in [3.8, 4) is 0 Å². The van der Waals surface area contributed by atoms with Crippen LogP contribution < -0.4 is 11.1 Å². The van der Waals surface area contributed by atoms with Crippen LogP contribution in [0.25, 0.3) is 0 Å². The van der Waals surface area contributed by atoms with Gasteiger partial charge in [0.25, 0.3) is 0 Å². The highest BCUT2D eigenvalue weighted by Gasteiger charge is 2.52. The lowest BCUT2D eigenvalue weighted by Gasteiger charge is -2.56. The van der Waals surface area contributed by atoms with Crippen molar-refractivity contribution in [1.82, 2.24) is 5.32 Å². The van der Waals surface area contributed by atoms with Gasteiger partial charge in [-0.15, -0.1) is 0 Å². The first-order chi connectivity index (χ1) is 11.8. The largest absolute Gasteiger partial charge is 0.381 e. The van der Waals surface area contributed by atoms with E-state index < -0.39 is 0 Å². The molecule has 3 nitrogen and oxygen atoms in total. The lowest BCUT2D eigenvalue weighted by Crippen LogP contribution is -2.78. The van der Waals surface area contributed by atoms with Crippen molar-refractivity contribution in [2.75, 3.05) is 19.8 Å². The Morgan fingerprint density at radius 2 is 1.46 bits per heavy atom. The van der Waals surface area contributed by atoms with Crippen LogP contribution in [0.4, 0.5) is 0 Å². The molecule has 3 N–H and O–H groups in total. The average Bonchev–Trinajstić information content (AvgIpc) is 2.66. The molecule has 2 fully saturated rings. The Morgan fingerprint density at radius 1 is 0.917 bits per heavy atom. The van der Waals surface area contributed by atoms with Gasteiger partial charge in [-0.1, -0.05) is 60.7 Å². The highest BCUT2D eigenvalue weighted by Crippen LogP contribution is 2.42. The van der Waals surface area contributed by atoms with Crippen LogP contribution in [0.3, 0.4) is 0 Å². The summed E-state index contributed by atoms with van der Waals surface area (Å²) in [5, 5.41) is 3.66. The van der Waals surface area contributed by atoms with Crippen molar-refractivity contribution in [1.29, 1.82) is 0 Å². The summed E-state index contributed by atoms with van der Waals surface area (Å²) in [6.45, 7) is 2.59. The lowest BCUT2D eigenvalue weighted by molar-refractivity contribution is 0.000325. The van der Waals surface area contributed by atoms with Crippen LogP contribution in [0, 0.1) is 5.92 Å². The quantitative estimate of drug-likeness (QED) is 0.910. The maximum Gasteiger partial charge on any atom is 0.0476 e. The van der Waals surface area contributed by atoms with Crippen LogP contribution in [0.1, 0.15) is 29.9 Å². The minimum Gasteiger partial charge on any atom is -0.381 e. The number of benzene rings is 2. The highest BCUT2D eigenvalue weighted by atomic mass is 16.5. The molecule has 2 unspecified atom stereocenters. The Bertz CT molecular complexity index is 615. The van der Waals surface area contributed by atoms with Crippen molar-refractivity contribution in [2.24, 2.45) is 11.7 Å². The maximum atomic E-state index is 6.98. The second kappa shape index (κ2) is 6.67. The summed E-state index contributed by atoms with van der Waals surface area (Å²) in [7, 11) is 0. The van der Waals surface area contributed by atoms with Gasteiger partial charge < -0.3 is 15.8 Å². The molecule has 3 heteroatoms. The van der Waals surface area contributed by atoms with E-state index in [0.29, 0.717) is 5.92 Å². The molecule has 0 amide bonds. The Kier molecular flexibility index (Phi) is 4.40. The van der Waals surface area contributed by atoms with Gasteiger partial charge >= 0.3 is 0 Å². The van der Waals surface area contributed by atoms with E-state index in [1.165, 1.54) is 11.1 Å². The van der Waals surface area contributed by atoms with E-state index in [0.717, 1.165) is 32.6 Å². The van der Waals surface area contributed by atoms with Gasteiger partial charge in [-0.25, -0.2) is 0 Å². The molecule has 0 saturated carbocycles. The van der Waals surface area contributed by atoms with E-state index in [2.05, 4.69) is 66.0 Å². The summed E-state index contributed by atoms with van der Waals surface area (Å²) < 4.78 is 5.55. The molecule has 4 rings (SSSR count). The van der Waals surface area contributed by atoms with E-state index in [1.807, 2.05) is 0 Å². The van der Waals surface area contributed by atoms with Gasteiger partial charge in [0.2, 0.25) is 0 Å². The minimum absolute atomic E-state index is 0.153. The third kappa shape index (κ3) is 2.77. The second-order valence-electron chi connectivity index (χ2n) is 7.16. The molecule has 2 aliphatic rings. The fraction of sp³-hybridized carbons (Fsp3) is 0.429. The molecule has 0 aromatic heterocycles. The van der Waals surface area contributed by atoms with E-state index in [1.54, 1.807) is 0 Å². The fourth-order valence-corrected chi connectivity index (χ4v) is 4.42. The van der Waals surface area contributed by atoms with Crippen LogP contribution in [0.5, 0.6) is 0 Å². The Hall–Kier alpha value is -1.68. The SMILES string of the molecule is NC1(C2CCOCC2)CNC1C(c1ccccc1)c1ccccc1. The normalized spacial score (nSPS) is 27.8. The van der Waals surface area contributed by atoms with Gasteiger partial charge in [-0.3, -0.25) is 0 Å². The summed E-state index contributed by atoms with van der Waals surface area (Å²) >= 11 is 0. The lowest BCUT2D eigenvalue weighted by atomic mass is 9.63. The van der Waals surface area contributed by atoms with Crippen molar-refractivity contribution < 1.29 is 4.74 Å². The molecule has 2 aromatic carbocycles. The first-order valence-electron chi connectivity index (χ1n) is 8.99. The van der Waals surface area contributed by atoms with Crippen molar-refractivity contribution >= 4 is 0 Å². The van der Waals surface area contributed by atoms with Gasteiger partial charge in [0.1, 0.15) is 0 Å². The monoisotopic (exact) mass is 322 g/mol. The average molecular weight is 322 g/mol. The number of hydrogen-bond donors (Lipinski definition) is 2. The van der Waals surface area contributed by atoms with E-state index in [4.69, 9.17) is 10.5 Å². The fourth-order valence-electron chi connectivity index (χ4n) is 4.42. The molecule has 2 aliphatic heterocycles. The molecule has 0 radical (unpaired) electrons. The van der Waals surface area contributed by atoms with Gasteiger partial charge in [0, 0.05) is 37.3 Å². The highest BCUT2D eigenvalue weighted by molar-refractivity contribution is 5.38. The van der Waals surface area contributed by atoms with Crippen molar-refractivity contribution in [3.05, 3.63) is 71.8 Å². The second-order valence-corrected chi connectivity index (χ2v) is 7.16. The number of nitrogens with two attached hydrogens (primary N) is 1. The molecule has 0 bridgehead atoms. The topological polar surface area (TPSA) is 47.3 Å². The Morgan fingerprint density at radius 3 is 1.92 bits per heavy atom. The van der Waals surface area contributed by atoms with Gasteiger partial charge in [0.15, 0.2) is 0 Å². The molecular formula is C21H26N2O. The predicted octanol–water partition coefficient (Wildman–Crippen LogP) is 2.91. The van der Waals surface area contributed by atoms with Gasteiger partial charge in [-0.2, -0.15) is 0 Å². The number of rotatable bonds is 4. The number of hydrogen-bond acceptors (Lipinski definition) is 3. The molecule has 0 aliphatic carbocycles. The molecule has 2 aromatic rings. The Labute approximate surface area is 144 Å². The molecule has 2 atom stereocenters. The molecule has 0 spiro atoms. The van der Waals surface area contributed by atoms with Crippen LogP contribution in [0.15, 0.2) is 60.7 Å². The van der Waals surface area contributed by atoms with Crippen molar-refractivity contribution in [3.63, 3.8) is 0 Å². The smallest absolute Gasteiger partial charge is 0.0476 e. The Balaban J connectivity index is 1.69. The summed E-state index contributed by atoms with van der Waals surface area (Å²) in [5.74, 6) is 0.821. The van der Waals surface area contributed by atoms with Gasteiger partial charge in [-0.05, 0) is 29.9 Å². The third-order valence-electron chi connectivity index (χ3n) is 5.84. The summed E-state index contributed by atoms with van der Waals surface area (Å²) in [6, 6.07) is 21.8. The first kappa shape index (κ1) is 15.8. The first-order valence-corrected chi connectivity index (χ1v) is 8.99. The summed E-state index contributed by atoms with van der Waals surface area (Å²) in [4.78, 5) is 0. The van der Waals surface area contributed by atoms with E-state index in [-0.39, 0.29) is 17.5 Å². The van der Waals surface area contributed by atoms with Crippen LogP contribution in [-0.4, -0.2) is 31.3 Å². The minimum atomic E-state index is -0.153. The number of ether oxygens (including phenoxy) is 1. The molecule has 2 heterocycles. The van der Waals surface area contributed by atoms with Gasteiger partial charge in [0.05, 0.1) is 0 Å². The summed E-state index contributed by atoms with van der Waals surface area (Å²) in [5.41, 5.74) is 9.50.